The lowest BCUT2D eigenvalue weighted by molar-refractivity contribution is 0.419. The van der Waals surface area contributed by atoms with Crippen LogP contribution in [-0.2, 0) is 22.9 Å². The predicted molar refractivity (Wildman–Crippen MR) is 98.0 cm³/mol. The highest BCUT2D eigenvalue weighted by Crippen LogP contribution is 2.28. The Bertz CT molecular complexity index is 801. The summed E-state index contributed by atoms with van der Waals surface area (Å²) in [5.74, 6) is 0. The van der Waals surface area contributed by atoms with Crippen molar-refractivity contribution in [2.75, 3.05) is 31.5 Å². The van der Waals surface area contributed by atoms with Crippen molar-refractivity contribution >= 4 is 15.7 Å². The van der Waals surface area contributed by atoms with Gasteiger partial charge in [0.2, 0.25) is 0 Å². The van der Waals surface area contributed by atoms with Gasteiger partial charge in [0.25, 0.3) is 10.0 Å². The molecule has 128 valence electrons. The van der Waals surface area contributed by atoms with Crippen LogP contribution in [0.2, 0.25) is 0 Å². The second-order valence-electron chi connectivity index (χ2n) is 6.50. The van der Waals surface area contributed by atoms with Crippen molar-refractivity contribution in [1.29, 1.82) is 0 Å². The molecule has 2 aromatic carbocycles. The first-order valence-corrected chi connectivity index (χ1v) is 9.77. The summed E-state index contributed by atoms with van der Waals surface area (Å²) in [4.78, 5) is 2.39. The first-order chi connectivity index (χ1) is 11.5. The molecular formula is C19H24N2O2S. The van der Waals surface area contributed by atoms with Crippen molar-refractivity contribution in [1.82, 2.24) is 4.90 Å². The molecule has 5 heteroatoms. The number of aryl methyl sites for hydroxylation is 2. The molecular weight excluding hydrogens is 320 g/mol. The van der Waals surface area contributed by atoms with Crippen molar-refractivity contribution in [3.63, 3.8) is 0 Å². The standard InChI is InChI=1S/C19H24N2O2S/c1-20(2)13-14-21(18-9-4-3-5-10-18)24(22,23)19-12-11-16-7-6-8-17(16)15-19/h3-5,9-12,15H,6-8,13-14H2,1-2H3. The molecule has 0 unspecified atom stereocenters. The SMILES string of the molecule is CN(C)CCN(c1ccccc1)S(=O)(=O)c1ccc2c(c1)CCC2. The predicted octanol–water partition coefficient (Wildman–Crippen LogP) is 2.93. The maximum absolute atomic E-state index is 13.3. The fourth-order valence-corrected chi connectivity index (χ4v) is 4.62. The summed E-state index contributed by atoms with van der Waals surface area (Å²) < 4.78 is 28.0. The Morgan fingerprint density at radius 1 is 0.917 bits per heavy atom. The van der Waals surface area contributed by atoms with Crippen LogP contribution in [0.5, 0.6) is 0 Å². The Kier molecular flexibility index (Phi) is 4.92. The van der Waals surface area contributed by atoms with Gasteiger partial charge in [-0.25, -0.2) is 8.42 Å². The molecule has 0 aliphatic heterocycles. The Morgan fingerprint density at radius 3 is 2.33 bits per heavy atom. The Hall–Kier alpha value is -1.85. The summed E-state index contributed by atoms with van der Waals surface area (Å²) >= 11 is 0. The minimum atomic E-state index is -3.56. The number of para-hydroxylation sites is 1. The summed E-state index contributed by atoms with van der Waals surface area (Å²) in [6.07, 6.45) is 3.14. The smallest absolute Gasteiger partial charge is 0.264 e. The lowest BCUT2D eigenvalue weighted by Gasteiger charge is -2.26. The van der Waals surface area contributed by atoms with Gasteiger partial charge in [-0.15, -0.1) is 0 Å². The summed E-state index contributed by atoms with van der Waals surface area (Å²) in [5.41, 5.74) is 3.17. The second-order valence-corrected chi connectivity index (χ2v) is 8.36. The number of anilines is 1. The highest BCUT2D eigenvalue weighted by molar-refractivity contribution is 7.92. The molecule has 0 atom stereocenters. The zero-order valence-electron chi connectivity index (χ0n) is 14.3. The first kappa shape index (κ1) is 17.0. The van der Waals surface area contributed by atoms with Crippen LogP contribution in [0.1, 0.15) is 17.5 Å². The molecule has 0 heterocycles. The van der Waals surface area contributed by atoms with Crippen LogP contribution < -0.4 is 4.31 Å². The van der Waals surface area contributed by atoms with Crippen molar-refractivity contribution in [3.8, 4) is 0 Å². The molecule has 0 spiro atoms. The van der Waals surface area contributed by atoms with E-state index in [1.165, 1.54) is 15.4 Å². The fraction of sp³-hybridized carbons (Fsp3) is 0.368. The molecule has 0 aromatic heterocycles. The van der Waals surface area contributed by atoms with Crippen LogP contribution in [0.4, 0.5) is 5.69 Å². The number of hydrogen-bond donors (Lipinski definition) is 0. The van der Waals surface area contributed by atoms with E-state index in [4.69, 9.17) is 0 Å². The molecule has 0 saturated heterocycles. The fourth-order valence-electron chi connectivity index (χ4n) is 3.11. The van der Waals surface area contributed by atoms with Crippen molar-refractivity contribution in [2.24, 2.45) is 0 Å². The highest BCUT2D eigenvalue weighted by Gasteiger charge is 2.26. The normalized spacial score (nSPS) is 14.0. The van der Waals surface area contributed by atoms with Crippen LogP contribution in [0.3, 0.4) is 0 Å². The quantitative estimate of drug-likeness (QED) is 0.809. The lowest BCUT2D eigenvalue weighted by Crippen LogP contribution is -2.36. The third kappa shape index (κ3) is 3.47. The third-order valence-electron chi connectivity index (χ3n) is 4.45. The molecule has 24 heavy (non-hydrogen) atoms. The molecule has 0 saturated carbocycles. The summed E-state index contributed by atoms with van der Waals surface area (Å²) in [7, 11) is 0.334. The van der Waals surface area contributed by atoms with Gasteiger partial charge in [0.1, 0.15) is 0 Å². The van der Waals surface area contributed by atoms with E-state index in [0.717, 1.165) is 19.3 Å². The Balaban J connectivity index is 1.98. The van der Waals surface area contributed by atoms with Gasteiger partial charge in [-0.1, -0.05) is 24.3 Å². The molecule has 0 bridgehead atoms. The van der Waals surface area contributed by atoms with Crippen LogP contribution in [0.15, 0.2) is 53.4 Å². The van der Waals surface area contributed by atoms with Gasteiger partial charge in [0.05, 0.1) is 10.6 Å². The van der Waals surface area contributed by atoms with Crippen LogP contribution in [0, 0.1) is 0 Å². The van der Waals surface area contributed by atoms with Crippen LogP contribution >= 0.6 is 0 Å². The Morgan fingerprint density at radius 2 is 1.62 bits per heavy atom. The molecule has 3 rings (SSSR count). The molecule has 0 amide bonds. The van der Waals surface area contributed by atoms with E-state index in [0.29, 0.717) is 23.7 Å². The summed E-state index contributed by atoms with van der Waals surface area (Å²) in [6, 6.07) is 14.9. The van der Waals surface area contributed by atoms with Gasteiger partial charge in [-0.2, -0.15) is 0 Å². The zero-order valence-corrected chi connectivity index (χ0v) is 15.1. The molecule has 4 nitrogen and oxygen atoms in total. The summed E-state index contributed by atoms with van der Waals surface area (Å²) in [5, 5.41) is 0. The van der Waals surface area contributed by atoms with Gasteiger partial charge < -0.3 is 4.90 Å². The van der Waals surface area contributed by atoms with Crippen molar-refractivity contribution in [2.45, 2.75) is 24.2 Å². The number of nitrogens with zero attached hydrogens (tertiary/aromatic N) is 2. The van der Waals surface area contributed by atoms with Crippen molar-refractivity contribution in [3.05, 3.63) is 59.7 Å². The maximum Gasteiger partial charge on any atom is 0.264 e. The number of fused-ring (bicyclic) bond motifs is 1. The van der Waals surface area contributed by atoms with E-state index >= 15 is 0 Å². The number of benzene rings is 2. The molecule has 0 N–H and O–H groups in total. The number of hydrogen-bond acceptors (Lipinski definition) is 3. The second kappa shape index (κ2) is 6.95. The molecule has 0 radical (unpaired) electrons. The van der Waals surface area contributed by atoms with E-state index in [2.05, 4.69) is 0 Å². The molecule has 2 aromatic rings. The molecule has 1 aliphatic carbocycles. The van der Waals surface area contributed by atoms with E-state index in [1.807, 2.05) is 61.5 Å². The van der Waals surface area contributed by atoms with Gasteiger partial charge in [0, 0.05) is 13.1 Å². The Labute approximate surface area is 144 Å². The minimum absolute atomic E-state index is 0.394. The van der Waals surface area contributed by atoms with Gasteiger partial charge >= 0.3 is 0 Å². The number of likely N-dealkylation sites (N-methyl/N-ethyl adjacent to an activating group) is 1. The van der Waals surface area contributed by atoms with E-state index in [1.54, 1.807) is 6.07 Å². The molecule has 0 fully saturated rings. The number of rotatable bonds is 6. The van der Waals surface area contributed by atoms with Gasteiger partial charge in [0.15, 0.2) is 0 Å². The summed E-state index contributed by atoms with van der Waals surface area (Å²) in [6.45, 7) is 1.09. The maximum atomic E-state index is 13.3. The lowest BCUT2D eigenvalue weighted by atomic mass is 10.1. The largest absolute Gasteiger partial charge is 0.308 e. The van der Waals surface area contributed by atoms with Gasteiger partial charge in [-0.3, -0.25) is 4.31 Å². The van der Waals surface area contributed by atoms with E-state index < -0.39 is 10.0 Å². The van der Waals surface area contributed by atoms with Crippen LogP contribution in [0.25, 0.3) is 0 Å². The first-order valence-electron chi connectivity index (χ1n) is 8.33. The van der Waals surface area contributed by atoms with Crippen molar-refractivity contribution < 1.29 is 8.42 Å². The topological polar surface area (TPSA) is 40.6 Å². The van der Waals surface area contributed by atoms with E-state index in [-0.39, 0.29) is 0 Å². The van der Waals surface area contributed by atoms with Gasteiger partial charge in [-0.05, 0) is 68.8 Å². The average Bonchev–Trinajstić information content (AvgIpc) is 3.03. The van der Waals surface area contributed by atoms with E-state index in [9.17, 15) is 8.42 Å². The minimum Gasteiger partial charge on any atom is -0.308 e. The number of sulfonamides is 1. The zero-order chi connectivity index (χ0) is 17.2. The monoisotopic (exact) mass is 344 g/mol. The highest BCUT2D eigenvalue weighted by atomic mass is 32.2. The average molecular weight is 344 g/mol. The third-order valence-corrected chi connectivity index (χ3v) is 6.28. The van der Waals surface area contributed by atoms with Crippen LogP contribution in [-0.4, -0.2) is 40.5 Å². The molecule has 1 aliphatic rings.